The van der Waals surface area contributed by atoms with Gasteiger partial charge in [-0.25, -0.2) is 0 Å². The summed E-state index contributed by atoms with van der Waals surface area (Å²) in [4.78, 5) is 0. The van der Waals surface area contributed by atoms with E-state index in [4.69, 9.17) is 13.7 Å². The smallest absolute Gasteiger partial charge is 0.210 e. The van der Waals surface area contributed by atoms with Crippen molar-refractivity contribution < 1.29 is 13.7 Å². The van der Waals surface area contributed by atoms with Crippen LogP contribution >= 0.6 is 23.1 Å². The van der Waals surface area contributed by atoms with Crippen molar-refractivity contribution in [3.63, 3.8) is 0 Å². The number of nitrogens with zero attached hydrogens (tertiary/aromatic N) is 3. The van der Waals surface area contributed by atoms with Gasteiger partial charge in [0.1, 0.15) is 5.75 Å². The lowest BCUT2D eigenvalue weighted by Gasteiger charge is -2.07. The maximum absolute atomic E-state index is 5.33. The Morgan fingerprint density at radius 1 is 1.15 bits per heavy atom. The van der Waals surface area contributed by atoms with Crippen LogP contribution in [0.3, 0.4) is 0 Å². The van der Waals surface area contributed by atoms with E-state index in [1.807, 2.05) is 42.5 Å². The van der Waals surface area contributed by atoms with Gasteiger partial charge in [-0.1, -0.05) is 40.4 Å². The standard InChI is InChI=1S/C17H14N4O3S2/c1-22-13-6-3-2-5-12(13)18-16-19-20-17(26-16)25-10-11-9-15(24-21-11)14-7-4-8-23-14/h2-9H,10H2,1H3,(H,18,19). The van der Waals surface area contributed by atoms with Gasteiger partial charge < -0.3 is 19.0 Å². The highest BCUT2D eigenvalue weighted by Gasteiger charge is 2.12. The first-order chi connectivity index (χ1) is 12.8. The molecule has 0 aliphatic carbocycles. The Labute approximate surface area is 157 Å². The first-order valence-corrected chi connectivity index (χ1v) is 9.48. The number of methoxy groups -OCH3 is 1. The molecule has 0 saturated heterocycles. The Hall–Kier alpha value is -2.78. The van der Waals surface area contributed by atoms with Gasteiger partial charge >= 0.3 is 0 Å². The average molecular weight is 386 g/mol. The van der Waals surface area contributed by atoms with Crippen LogP contribution in [0.25, 0.3) is 11.5 Å². The molecule has 0 aliphatic rings. The summed E-state index contributed by atoms with van der Waals surface area (Å²) < 4.78 is 16.7. The van der Waals surface area contributed by atoms with Crippen LogP contribution in [0.15, 0.2) is 62.0 Å². The summed E-state index contributed by atoms with van der Waals surface area (Å²) in [7, 11) is 1.64. The fourth-order valence-electron chi connectivity index (χ4n) is 2.23. The number of nitrogens with one attached hydrogen (secondary N) is 1. The molecule has 3 heterocycles. The minimum absolute atomic E-state index is 0.612. The van der Waals surface area contributed by atoms with E-state index in [0.29, 0.717) is 22.4 Å². The Balaban J connectivity index is 1.38. The Kier molecular flexibility index (Phi) is 4.89. The summed E-state index contributed by atoms with van der Waals surface area (Å²) in [5.74, 6) is 2.66. The molecule has 0 atom stereocenters. The molecule has 9 heteroatoms. The zero-order valence-corrected chi connectivity index (χ0v) is 15.3. The minimum atomic E-state index is 0.612. The molecule has 26 heavy (non-hydrogen) atoms. The maximum Gasteiger partial charge on any atom is 0.210 e. The first-order valence-electron chi connectivity index (χ1n) is 7.67. The largest absolute Gasteiger partial charge is 0.495 e. The summed E-state index contributed by atoms with van der Waals surface area (Å²) >= 11 is 3.01. The van der Waals surface area contributed by atoms with Crippen LogP contribution in [0, 0.1) is 0 Å². The van der Waals surface area contributed by atoms with Crippen LogP contribution in [0.5, 0.6) is 5.75 Å². The lowest BCUT2D eigenvalue weighted by Crippen LogP contribution is -1.93. The third kappa shape index (κ3) is 3.73. The molecule has 1 aromatic carbocycles. The van der Waals surface area contributed by atoms with E-state index in [2.05, 4.69) is 20.7 Å². The van der Waals surface area contributed by atoms with Gasteiger partial charge in [-0.3, -0.25) is 0 Å². The number of ether oxygens (including phenoxy) is 1. The normalized spacial score (nSPS) is 10.8. The van der Waals surface area contributed by atoms with Crippen LogP contribution in [-0.2, 0) is 5.75 Å². The van der Waals surface area contributed by atoms with Gasteiger partial charge in [-0.2, -0.15) is 0 Å². The summed E-state index contributed by atoms with van der Waals surface area (Å²) in [6.07, 6.45) is 1.60. The van der Waals surface area contributed by atoms with Crippen molar-refractivity contribution >= 4 is 33.9 Å². The molecule has 7 nitrogen and oxygen atoms in total. The lowest BCUT2D eigenvalue weighted by molar-refractivity contribution is 0.413. The van der Waals surface area contributed by atoms with Gasteiger partial charge in [-0.15, -0.1) is 10.2 Å². The molecule has 0 bridgehead atoms. The number of benzene rings is 1. The topological polar surface area (TPSA) is 86.2 Å². The van der Waals surface area contributed by atoms with Crippen LogP contribution in [0.2, 0.25) is 0 Å². The number of furan rings is 1. The second-order valence-corrected chi connectivity index (χ2v) is 7.35. The van der Waals surface area contributed by atoms with Crippen molar-refractivity contribution in [2.75, 3.05) is 12.4 Å². The predicted octanol–water partition coefficient (Wildman–Crippen LogP) is 4.83. The molecule has 0 unspecified atom stereocenters. The van der Waals surface area contributed by atoms with Gasteiger partial charge in [0.25, 0.3) is 0 Å². The quantitative estimate of drug-likeness (QED) is 0.452. The molecule has 0 spiro atoms. The fraction of sp³-hybridized carbons (Fsp3) is 0.118. The van der Waals surface area contributed by atoms with E-state index < -0.39 is 0 Å². The summed E-state index contributed by atoms with van der Waals surface area (Å²) in [5, 5.41) is 16.3. The predicted molar refractivity (Wildman–Crippen MR) is 100.0 cm³/mol. The first kappa shape index (κ1) is 16.7. The molecular weight excluding hydrogens is 372 g/mol. The van der Waals surface area contributed by atoms with Crippen LogP contribution < -0.4 is 10.1 Å². The molecular formula is C17H14N4O3S2. The Morgan fingerprint density at radius 2 is 2.08 bits per heavy atom. The molecule has 3 aromatic heterocycles. The fourth-order valence-corrected chi connectivity index (χ4v) is 3.88. The van der Waals surface area contributed by atoms with Gasteiger partial charge in [0, 0.05) is 11.8 Å². The van der Waals surface area contributed by atoms with Gasteiger partial charge in [-0.05, 0) is 24.3 Å². The zero-order chi connectivity index (χ0) is 17.8. The van der Waals surface area contributed by atoms with E-state index in [9.17, 15) is 0 Å². The molecule has 132 valence electrons. The number of hydrogen-bond acceptors (Lipinski definition) is 9. The molecule has 0 amide bonds. The average Bonchev–Trinajstić information content (AvgIpc) is 3.41. The number of aromatic nitrogens is 3. The third-order valence-electron chi connectivity index (χ3n) is 3.42. The van der Waals surface area contributed by atoms with Crippen molar-refractivity contribution in [2.45, 2.75) is 10.1 Å². The van der Waals surface area contributed by atoms with Crippen LogP contribution in [0.4, 0.5) is 10.8 Å². The van der Waals surface area contributed by atoms with Crippen LogP contribution in [0.1, 0.15) is 5.69 Å². The SMILES string of the molecule is COc1ccccc1Nc1nnc(SCc2cc(-c3ccco3)on2)s1. The summed E-state index contributed by atoms with van der Waals surface area (Å²) in [6.45, 7) is 0. The number of hydrogen-bond donors (Lipinski definition) is 1. The highest BCUT2D eigenvalue weighted by Crippen LogP contribution is 2.33. The maximum atomic E-state index is 5.33. The molecule has 0 aliphatic heterocycles. The number of para-hydroxylation sites is 2. The number of thioether (sulfide) groups is 1. The van der Waals surface area contributed by atoms with Crippen molar-refractivity contribution in [2.24, 2.45) is 0 Å². The van der Waals surface area contributed by atoms with E-state index in [1.54, 1.807) is 25.1 Å². The molecule has 1 N–H and O–H groups in total. The molecule has 4 aromatic rings. The highest BCUT2D eigenvalue weighted by atomic mass is 32.2. The molecule has 0 fully saturated rings. The summed E-state index contributed by atoms with van der Waals surface area (Å²) in [5.41, 5.74) is 1.66. The number of anilines is 2. The molecule has 0 radical (unpaired) electrons. The van der Waals surface area contributed by atoms with Crippen molar-refractivity contribution in [1.82, 2.24) is 15.4 Å². The van der Waals surface area contributed by atoms with E-state index in [-0.39, 0.29) is 0 Å². The van der Waals surface area contributed by atoms with Gasteiger partial charge in [0.15, 0.2) is 10.1 Å². The minimum Gasteiger partial charge on any atom is -0.495 e. The molecule has 0 saturated carbocycles. The van der Waals surface area contributed by atoms with Crippen molar-refractivity contribution in [3.05, 3.63) is 54.4 Å². The summed E-state index contributed by atoms with van der Waals surface area (Å²) in [6, 6.07) is 13.2. The van der Waals surface area contributed by atoms with Crippen LogP contribution in [-0.4, -0.2) is 22.5 Å². The Bertz CT molecular complexity index is 981. The zero-order valence-electron chi connectivity index (χ0n) is 13.7. The molecule has 4 rings (SSSR count). The van der Waals surface area contributed by atoms with Gasteiger partial charge in [0.2, 0.25) is 10.9 Å². The third-order valence-corrected chi connectivity index (χ3v) is 5.43. The Morgan fingerprint density at radius 3 is 2.92 bits per heavy atom. The lowest BCUT2D eigenvalue weighted by atomic mass is 10.3. The van der Waals surface area contributed by atoms with E-state index >= 15 is 0 Å². The number of rotatable bonds is 7. The van der Waals surface area contributed by atoms with E-state index in [0.717, 1.165) is 21.5 Å². The second kappa shape index (κ2) is 7.63. The second-order valence-electron chi connectivity index (χ2n) is 5.15. The monoisotopic (exact) mass is 386 g/mol. The highest BCUT2D eigenvalue weighted by molar-refractivity contribution is 8.00. The van der Waals surface area contributed by atoms with E-state index in [1.165, 1.54) is 11.3 Å². The van der Waals surface area contributed by atoms with Crippen molar-refractivity contribution in [3.8, 4) is 17.3 Å². The van der Waals surface area contributed by atoms with Crippen molar-refractivity contribution in [1.29, 1.82) is 0 Å². The van der Waals surface area contributed by atoms with Gasteiger partial charge in [0.05, 0.1) is 24.8 Å².